The number of nitrogens with zero attached hydrogens (tertiary/aromatic N) is 2. The van der Waals surface area contributed by atoms with E-state index in [1.807, 2.05) is 0 Å². The maximum Gasteiger partial charge on any atom is 0.145 e. The molecule has 3 heteroatoms. The van der Waals surface area contributed by atoms with E-state index in [4.69, 9.17) is 4.42 Å². The van der Waals surface area contributed by atoms with Gasteiger partial charge in [-0.15, -0.1) is 0 Å². The van der Waals surface area contributed by atoms with Crippen LogP contribution in [0.2, 0.25) is 0 Å². The van der Waals surface area contributed by atoms with Gasteiger partial charge in [-0.2, -0.15) is 0 Å². The SMILES string of the molecule is CC(C)(C)c1ccc(N(c2ccc3c(c2)CC=C3)c2cc3c(c4ccccc24)-c2c(cc(N(c4ccc(C(C)(C)C)cc4)c4ccc5c(c4)CCC5)c4c2oc2ccccc24)C3(c2ccccc2)c2ccccc2)cc1. The molecule has 0 radical (unpaired) electrons. The van der Waals surface area contributed by atoms with Gasteiger partial charge in [-0.1, -0.05) is 193 Å². The van der Waals surface area contributed by atoms with Gasteiger partial charge < -0.3 is 14.2 Å². The van der Waals surface area contributed by atoms with Crippen molar-refractivity contribution in [2.45, 2.75) is 83.5 Å². The molecule has 0 atom stereocenters. The number of furan rings is 1. The van der Waals surface area contributed by atoms with Crippen LogP contribution in [-0.4, -0.2) is 0 Å². The van der Waals surface area contributed by atoms with E-state index in [0.29, 0.717) is 0 Å². The smallest absolute Gasteiger partial charge is 0.145 e. The van der Waals surface area contributed by atoms with E-state index in [-0.39, 0.29) is 10.8 Å². The van der Waals surface area contributed by atoms with Crippen LogP contribution >= 0.6 is 0 Å². The molecule has 1 heterocycles. The Kier molecular flexibility index (Phi) is 10.5. The number of aryl methyl sites for hydroxylation is 2. The van der Waals surface area contributed by atoms with Gasteiger partial charge in [-0.05, 0) is 170 Å². The average molecular weight is 983 g/mol. The summed E-state index contributed by atoms with van der Waals surface area (Å²) in [4.78, 5) is 5.06. The van der Waals surface area contributed by atoms with Crippen LogP contribution in [0.25, 0.3) is 49.9 Å². The second kappa shape index (κ2) is 17.3. The molecule has 3 aliphatic rings. The first-order valence-corrected chi connectivity index (χ1v) is 27.3. The van der Waals surface area contributed by atoms with E-state index >= 15 is 0 Å². The number of rotatable bonds is 8. The number of hydrogen-bond acceptors (Lipinski definition) is 3. The molecule has 11 aromatic rings. The summed E-state index contributed by atoms with van der Waals surface area (Å²) in [5.41, 5.74) is 23.1. The van der Waals surface area contributed by atoms with Crippen molar-refractivity contribution in [2.75, 3.05) is 9.80 Å². The van der Waals surface area contributed by atoms with Gasteiger partial charge in [0, 0.05) is 39.1 Å². The molecule has 0 saturated heterocycles. The molecular formula is C73H62N2O. The number of benzene rings is 10. The summed E-state index contributed by atoms with van der Waals surface area (Å²) in [5, 5.41) is 4.57. The number of allylic oxidation sites excluding steroid dienone is 1. The third-order valence-corrected chi connectivity index (χ3v) is 16.9. The van der Waals surface area contributed by atoms with E-state index in [9.17, 15) is 0 Å². The molecule has 370 valence electrons. The van der Waals surface area contributed by atoms with Crippen molar-refractivity contribution < 1.29 is 4.42 Å². The quantitative estimate of drug-likeness (QED) is 0.151. The lowest BCUT2D eigenvalue weighted by atomic mass is 9.67. The normalized spacial score (nSPS) is 14.3. The lowest BCUT2D eigenvalue weighted by Gasteiger charge is -2.36. The van der Waals surface area contributed by atoms with Crippen molar-refractivity contribution in [3.05, 3.63) is 268 Å². The van der Waals surface area contributed by atoms with Crippen LogP contribution < -0.4 is 9.80 Å². The van der Waals surface area contributed by atoms with E-state index in [1.54, 1.807) is 0 Å². The zero-order chi connectivity index (χ0) is 51.5. The predicted molar refractivity (Wildman–Crippen MR) is 320 cm³/mol. The van der Waals surface area contributed by atoms with Crippen molar-refractivity contribution in [3.8, 4) is 11.1 Å². The van der Waals surface area contributed by atoms with E-state index in [1.165, 1.54) is 78.4 Å². The number of fused-ring (bicyclic) bond motifs is 11. The molecule has 0 fully saturated rings. The third kappa shape index (κ3) is 7.16. The molecule has 0 amide bonds. The van der Waals surface area contributed by atoms with Crippen molar-refractivity contribution in [1.82, 2.24) is 0 Å². The summed E-state index contributed by atoms with van der Waals surface area (Å²) in [7, 11) is 0. The molecule has 3 nitrogen and oxygen atoms in total. The maximum atomic E-state index is 7.52. The molecule has 1 aromatic heterocycles. The Morgan fingerprint density at radius 1 is 0.434 bits per heavy atom. The Bertz CT molecular complexity index is 4070. The predicted octanol–water partition coefficient (Wildman–Crippen LogP) is 19.7. The minimum atomic E-state index is -0.794. The number of hydrogen-bond donors (Lipinski definition) is 0. The van der Waals surface area contributed by atoms with Crippen molar-refractivity contribution in [3.63, 3.8) is 0 Å². The van der Waals surface area contributed by atoms with Gasteiger partial charge in [-0.25, -0.2) is 0 Å². The molecule has 0 saturated carbocycles. The molecule has 0 aliphatic heterocycles. The second-order valence-electron chi connectivity index (χ2n) is 23.5. The highest BCUT2D eigenvalue weighted by atomic mass is 16.3. The standard InChI is InChI=1S/C73H62N2O/c1-71(2,3)51-33-39-55(40-34-51)74(57-37-31-47-19-17-21-49(47)43-57)64-45-62-67(60-28-14-13-27-59(60)64)69-63(73(62,53-23-9-7-10-24-53)54-25-11-8-12-26-54)46-65(68-61-29-15-16-30-66(61)76-70(68)69)75(56-41-35-52(36-42-56)72(4,5)6)58-38-32-48-20-18-22-50(48)44-58/h7-17,19,23-46H,18,20-22H2,1-6H3. The molecule has 14 rings (SSSR count). The molecule has 0 spiro atoms. The number of para-hydroxylation sites is 1. The Labute approximate surface area is 447 Å². The fourth-order valence-electron chi connectivity index (χ4n) is 13.2. The van der Waals surface area contributed by atoms with Gasteiger partial charge in [0.15, 0.2) is 0 Å². The van der Waals surface area contributed by atoms with Crippen LogP contribution in [-0.2, 0) is 35.5 Å². The Balaban J connectivity index is 1.14. The molecule has 3 aliphatic carbocycles. The summed E-state index contributed by atoms with van der Waals surface area (Å²) >= 11 is 0. The van der Waals surface area contributed by atoms with Crippen molar-refractivity contribution in [1.29, 1.82) is 0 Å². The van der Waals surface area contributed by atoms with Crippen LogP contribution in [0.15, 0.2) is 217 Å². The van der Waals surface area contributed by atoms with Gasteiger partial charge in [0.05, 0.1) is 22.2 Å². The lowest BCUT2D eigenvalue weighted by Crippen LogP contribution is -2.29. The average Bonchev–Trinajstić information content (AvgIpc) is 4.28. The van der Waals surface area contributed by atoms with Gasteiger partial charge in [0.2, 0.25) is 0 Å². The summed E-state index contributed by atoms with van der Waals surface area (Å²) in [5.74, 6) is 0. The minimum absolute atomic E-state index is 0.000102. The van der Waals surface area contributed by atoms with E-state index in [2.05, 4.69) is 270 Å². The maximum absolute atomic E-state index is 7.52. The summed E-state index contributed by atoms with van der Waals surface area (Å²) in [6.07, 6.45) is 8.86. The molecule has 10 aromatic carbocycles. The van der Waals surface area contributed by atoms with Gasteiger partial charge in [0.25, 0.3) is 0 Å². The largest absolute Gasteiger partial charge is 0.455 e. The zero-order valence-corrected chi connectivity index (χ0v) is 44.4. The zero-order valence-electron chi connectivity index (χ0n) is 44.4. The van der Waals surface area contributed by atoms with Crippen LogP contribution in [0.5, 0.6) is 0 Å². The highest BCUT2D eigenvalue weighted by molar-refractivity contribution is 6.22. The Morgan fingerprint density at radius 3 is 1.59 bits per heavy atom. The Morgan fingerprint density at radius 2 is 0.947 bits per heavy atom. The lowest BCUT2D eigenvalue weighted by molar-refractivity contribution is 0.590. The molecule has 0 bridgehead atoms. The molecular weight excluding hydrogens is 921 g/mol. The number of anilines is 6. The van der Waals surface area contributed by atoms with Crippen molar-refractivity contribution >= 4 is 72.9 Å². The molecule has 0 N–H and O–H groups in total. The van der Waals surface area contributed by atoms with Crippen LogP contribution in [0.4, 0.5) is 34.1 Å². The summed E-state index contributed by atoms with van der Waals surface area (Å²) in [6.45, 7) is 13.8. The first-order valence-electron chi connectivity index (χ1n) is 27.3. The fraction of sp³-hybridized carbons (Fsp3) is 0.178. The van der Waals surface area contributed by atoms with Crippen molar-refractivity contribution in [2.24, 2.45) is 0 Å². The van der Waals surface area contributed by atoms with E-state index < -0.39 is 5.41 Å². The minimum Gasteiger partial charge on any atom is -0.455 e. The first kappa shape index (κ1) is 46.2. The monoisotopic (exact) mass is 982 g/mol. The summed E-state index contributed by atoms with van der Waals surface area (Å²) < 4.78 is 7.52. The van der Waals surface area contributed by atoms with E-state index in [0.717, 1.165) is 80.9 Å². The first-order chi connectivity index (χ1) is 36.9. The van der Waals surface area contributed by atoms with Gasteiger partial charge >= 0.3 is 0 Å². The van der Waals surface area contributed by atoms with Gasteiger partial charge in [-0.3, -0.25) is 0 Å². The van der Waals surface area contributed by atoms with Crippen LogP contribution in [0.3, 0.4) is 0 Å². The highest BCUT2D eigenvalue weighted by Gasteiger charge is 2.50. The second-order valence-corrected chi connectivity index (χ2v) is 23.5. The summed E-state index contributed by atoms with van der Waals surface area (Å²) in [6, 6.07) is 78.4. The van der Waals surface area contributed by atoms with Crippen LogP contribution in [0, 0.1) is 0 Å². The fourth-order valence-corrected chi connectivity index (χ4v) is 13.2. The highest BCUT2D eigenvalue weighted by Crippen LogP contribution is 2.63. The Hall–Kier alpha value is -8.40. The molecule has 0 unspecified atom stereocenters. The third-order valence-electron chi connectivity index (χ3n) is 16.9. The van der Waals surface area contributed by atoms with Crippen LogP contribution in [0.1, 0.15) is 104 Å². The topological polar surface area (TPSA) is 19.6 Å². The van der Waals surface area contributed by atoms with Gasteiger partial charge in [0.1, 0.15) is 11.2 Å². The molecule has 76 heavy (non-hydrogen) atoms.